The monoisotopic (exact) mass is 257 g/mol. The van der Waals surface area contributed by atoms with Gasteiger partial charge in [-0.05, 0) is 41.6 Å². The Balaban J connectivity index is 1.93. The van der Waals surface area contributed by atoms with Crippen LogP contribution >= 0.6 is 0 Å². The number of fused-ring (bicyclic) bond motifs is 1. The quantitative estimate of drug-likeness (QED) is 0.825. The van der Waals surface area contributed by atoms with E-state index in [1.807, 2.05) is 6.07 Å². The molecule has 1 aliphatic heterocycles. The number of methoxy groups -OCH3 is 1. The van der Waals surface area contributed by atoms with Crippen molar-refractivity contribution in [3.63, 3.8) is 0 Å². The Morgan fingerprint density at radius 3 is 2.74 bits per heavy atom. The molecule has 0 spiro atoms. The fourth-order valence-corrected chi connectivity index (χ4v) is 2.55. The van der Waals surface area contributed by atoms with Gasteiger partial charge in [-0.15, -0.1) is 0 Å². The Bertz CT molecular complexity index is 582. The van der Waals surface area contributed by atoms with Crippen LogP contribution in [0.15, 0.2) is 36.4 Å². The Kier molecular flexibility index (Phi) is 3.40. The van der Waals surface area contributed by atoms with E-state index in [1.54, 1.807) is 7.11 Å². The molecule has 1 aliphatic rings. The number of ether oxygens (including phenoxy) is 2. The van der Waals surface area contributed by atoms with E-state index in [-0.39, 0.29) is 6.10 Å². The maximum Gasteiger partial charge on any atom is 0.119 e. The van der Waals surface area contributed by atoms with E-state index in [2.05, 4.69) is 42.3 Å². The van der Waals surface area contributed by atoms with Crippen molar-refractivity contribution in [1.82, 2.24) is 4.90 Å². The van der Waals surface area contributed by atoms with Crippen LogP contribution in [0.4, 0.5) is 0 Å². The highest BCUT2D eigenvalue weighted by Gasteiger charge is 2.19. The van der Waals surface area contributed by atoms with Gasteiger partial charge in [0, 0.05) is 13.1 Å². The van der Waals surface area contributed by atoms with Gasteiger partial charge >= 0.3 is 0 Å². The Morgan fingerprint density at radius 2 is 1.95 bits per heavy atom. The first-order valence-electron chi connectivity index (χ1n) is 6.64. The maximum absolute atomic E-state index is 5.86. The summed E-state index contributed by atoms with van der Waals surface area (Å²) in [5.74, 6) is 0.897. The van der Waals surface area contributed by atoms with E-state index in [0.29, 0.717) is 0 Å². The molecule has 0 N–H and O–H groups in total. The molecule has 3 heteroatoms. The van der Waals surface area contributed by atoms with Crippen molar-refractivity contribution in [2.45, 2.75) is 6.10 Å². The van der Waals surface area contributed by atoms with Gasteiger partial charge in [0.2, 0.25) is 0 Å². The van der Waals surface area contributed by atoms with Crippen LogP contribution in [0.2, 0.25) is 0 Å². The Morgan fingerprint density at radius 1 is 1.16 bits per heavy atom. The molecule has 0 aromatic heterocycles. The van der Waals surface area contributed by atoms with Crippen LogP contribution in [-0.4, -0.2) is 38.8 Å². The van der Waals surface area contributed by atoms with Gasteiger partial charge in [0.1, 0.15) is 5.75 Å². The molecule has 1 atom stereocenters. The van der Waals surface area contributed by atoms with E-state index in [0.717, 1.165) is 25.4 Å². The highest BCUT2D eigenvalue weighted by molar-refractivity contribution is 5.84. The highest BCUT2D eigenvalue weighted by atomic mass is 16.5. The largest absolute Gasteiger partial charge is 0.497 e. The van der Waals surface area contributed by atoms with Crippen LogP contribution in [0.5, 0.6) is 5.75 Å². The molecule has 1 heterocycles. The van der Waals surface area contributed by atoms with Crippen LogP contribution in [0, 0.1) is 0 Å². The van der Waals surface area contributed by atoms with E-state index in [9.17, 15) is 0 Å². The second-order valence-electron chi connectivity index (χ2n) is 5.09. The molecular formula is C16H19NO2. The van der Waals surface area contributed by atoms with Gasteiger partial charge in [-0.25, -0.2) is 0 Å². The Hall–Kier alpha value is -1.58. The van der Waals surface area contributed by atoms with Crippen LogP contribution in [0.1, 0.15) is 11.7 Å². The van der Waals surface area contributed by atoms with E-state index < -0.39 is 0 Å². The summed E-state index contributed by atoms with van der Waals surface area (Å²) < 4.78 is 11.1. The first-order chi connectivity index (χ1) is 9.26. The fourth-order valence-electron chi connectivity index (χ4n) is 2.55. The predicted octanol–water partition coefficient (Wildman–Crippen LogP) is 2.85. The molecule has 3 nitrogen and oxygen atoms in total. The molecule has 0 amide bonds. The number of nitrogens with zero attached hydrogens (tertiary/aromatic N) is 1. The van der Waals surface area contributed by atoms with Gasteiger partial charge in [-0.2, -0.15) is 0 Å². The minimum absolute atomic E-state index is 0.185. The number of morpholine rings is 1. The summed E-state index contributed by atoms with van der Waals surface area (Å²) in [6.45, 7) is 2.78. The van der Waals surface area contributed by atoms with Crippen molar-refractivity contribution in [2.24, 2.45) is 0 Å². The zero-order valence-corrected chi connectivity index (χ0v) is 11.4. The molecule has 3 rings (SSSR count). The van der Waals surface area contributed by atoms with Crippen molar-refractivity contribution in [3.05, 3.63) is 42.0 Å². The van der Waals surface area contributed by atoms with Crippen molar-refractivity contribution in [1.29, 1.82) is 0 Å². The van der Waals surface area contributed by atoms with E-state index in [1.165, 1.54) is 16.3 Å². The summed E-state index contributed by atoms with van der Waals surface area (Å²) in [5.41, 5.74) is 1.25. The van der Waals surface area contributed by atoms with Gasteiger partial charge < -0.3 is 14.4 Å². The number of likely N-dealkylation sites (N-methyl/N-ethyl adjacent to an activating group) is 1. The van der Waals surface area contributed by atoms with Gasteiger partial charge in [-0.1, -0.05) is 18.2 Å². The maximum atomic E-state index is 5.86. The van der Waals surface area contributed by atoms with Gasteiger partial charge in [-0.3, -0.25) is 0 Å². The average molecular weight is 257 g/mol. The summed E-state index contributed by atoms with van der Waals surface area (Å²) in [5, 5.41) is 2.43. The van der Waals surface area contributed by atoms with Gasteiger partial charge in [0.15, 0.2) is 0 Å². The number of hydrogen-bond acceptors (Lipinski definition) is 3. The summed E-state index contributed by atoms with van der Waals surface area (Å²) >= 11 is 0. The van der Waals surface area contributed by atoms with Crippen LogP contribution < -0.4 is 4.74 Å². The molecule has 0 bridgehead atoms. The number of rotatable bonds is 2. The van der Waals surface area contributed by atoms with Crippen molar-refractivity contribution in [3.8, 4) is 5.75 Å². The van der Waals surface area contributed by atoms with Crippen molar-refractivity contribution in [2.75, 3.05) is 33.9 Å². The highest BCUT2D eigenvalue weighted by Crippen LogP contribution is 2.27. The lowest BCUT2D eigenvalue weighted by Gasteiger charge is -2.30. The van der Waals surface area contributed by atoms with Crippen molar-refractivity contribution >= 4 is 10.8 Å². The zero-order chi connectivity index (χ0) is 13.2. The zero-order valence-electron chi connectivity index (χ0n) is 11.4. The molecule has 0 radical (unpaired) electrons. The summed E-state index contributed by atoms with van der Waals surface area (Å²) in [4.78, 5) is 2.31. The summed E-state index contributed by atoms with van der Waals surface area (Å²) in [6, 6.07) is 12.7. The second-order valence-corrected chi connectivity index (χ2v) is 5.09. The van der Waals surface area contributed by atoms with Gasteiger partial charge in [0.05, 0.1) is 19.8 Å². The Labute approximate surface area is 113 Å². The standard InChI is InChI=1S/C16H19NO2/c1-17-7-8-19-16(11-17)14-4-3-13-10-15(18-2)6-5-12(13)9-14/h3-6,9-10,16H,7-8,11H2,1-2H3/t16-/m1/s1. The van der Waals surface area contributed by atoms with Gasteiger partial charge in [0.25, 0.3) is 0 Å². The van der Waals surface area contributed by atoms with E-state index >= 15 is 0 Å². The molecule has 2 aromatic rings. The topological polar surface area (TPSA) is 21.7 Å². The molecular weight excluding hydrogens is 238 g/mol. The number of hydrogen-bond donors (Lipinski definition) is 0. The summed E-state index contributed by atoms with van der Waals surface area (Å²) in [7, 11) is 3.84. The predicted molar refractivity (Wildman–Crippen MR) is 76.7 cm³/mol. The first-order valence-corrected chi connectivity index (χ1v) is 6.64. The normalized spacial score (nSPS) is 20.6. The minimum Gasteiger partial charge on any atom is -0.497 e. The molecule has 1 saturated heterocycles. The third-order valence-corrected chi connectivity index (χ3v) is 3.71. The lowest BCUT2D eigenvalue weighted by molar-refractivity contribution is -0.0208. The van der Waals surface area contributed by atoms with Crippen molar-refractivity contribution < 1.29 is 9.47 Å². The fraction of sp³-hybridized carbons (Fsp3) is 0.375. The first kappa shape index (κ1) is 12.5. The van der Waals surface area contributed by atoms with E-state index in [4.69, 9.17) is 9.47 Å². The molecule has 1 fully saturated rings. The van der Waals surface area contributed by atoms with Crippen LogP contribution in [0.25, 0.3) is 10.8 Å². The third-order valence-electron chi connectivity index (χ3n) is 3.71. The lowest BCUT2D eigenvalue weighted by atomic mass is 10.0. The van der Waals surface area contributed by atoms with Crippen LogP contribution in [-0.2, 0) is 4.74 Å². The molecule has 2 aromatic carbocycles. The summed E-state index contributed by atoms with van der Waals surface area (Å²) in [6.07, 6.45) is 0.185. The average Bonchev–Trinajstić information content (AvgIpc) is 2.46. The smallest absolute Gasteiger partial charge is 0.119 e. The lowest BCUT2D eigenvalue weighted by Crippen LogP contribution is -2.35. The molecule has 0 saturated carbocycles. The second kappa shape index (κ2) is 5.19. The SMILES string of the molecule is COc1ccc2cc([C@H]3CN(C)CCO3)ccc2c1. The minimum atomic E-state index is 0.185. The van der Waals surface area contributed by atoms with Crippen LogP contribution in [0.3, 0.4) is 0 Å². The third kappa shape index (κ3) is 2.57. The number of benzene rings is 2. The molecule has 100 valence electrons. The molecule has 19 heavy (non-hydrogen) atoms. The molecule has 0 aliphatic carbocycles. The molecule has 0 unspecified atom stereocenters.